The molecule has 312 valence electrons. The van der Waals surface area contributed by atoms with Crippen molar-refractivity contribution in [3.05, 3.63) is 45.5 Å². The van der Waals surface area contributed by atoms with Gasteiger partial charge in [-0.05, 0) is 96.3 Å². The quantitative estimate of drug-likeness (QED) is 0.162. The highest BCUT2D eigenvalue weighted by molar-refractivity contribution is 5.63. The van der Waals surface area contributed by atoms with Gasteiger partial charge in [0.25, 0.3) is 0 Å². The van der Waals surface area contributed by atoms with Gasteiger partial charge in [0.05, 0.1) is 36.6 Å². The molecule has 2 aromatic rings. The van der Waals surface area contributed by atoms with Gasteiger partial charge in [0.2, 0.25) is 0 Å². The number of rotatable bonds is 0. The van der Waals surface area contributed by atoms with Crippen molar-refractivity contribution in [2.24, 2.45) is 45.3 Å². The molecule has 0 unspecified atom stereocenters. The van der Waals surface area contributed by atoms with E-state index < -0.39 is 75.8 Å². The Bertz CT molecular complexity index is 2050. The zero-order chi connectivity index (χ0) is 40.7. The van der Waals surface area contributed by atoms with Crippen LogP contribution in [0.1, 0.15) is 146 Å². The van der Waals surface area contributed by atoms with Crippen molar-refractivity contribution in [3.63, 3.8) is 0 Å². The van der Waals surface area contributed by atoms with Gasteiger partial charge in [0, 0.05) is 40.4 Å². The standard InChI is InChI=1S/C46H62O11/c1-20-9-11-30-41(3,4)38(52)28(49)17-43(30,7)45(20)15-24-26(47)13-22-19-54-40-33-23(34(51)37(55-40)32(22)35(24)56-45)14-27(48)25-16-46(57-36(25)33)21(2)10-12-31-42(5,6)39(53)29(50)18-44(31,46)8/h13-14,20-21,28-31,34,37-40,47-53H,9-12,15-19H2,1-8H3/t20-,21-,28-,29-,30+,31+,34+,37+,38-,39-,40+,43+,44+,45-,46-/m1/s1. The lowest BCUT2D eigenvalue weighted by molar-refractivity contribution is -0.242. The van der Waals surface area contributed by atoms with Crippen LogP contribution in [0.15, 0.2) is 12.1 Å². The van der Waals surface area contributed by atoms with E-state index in [0.717, 1.165) is 25.7 Å². The van der Waals surface area contributed by atoms with Crippen LogP contribution in [0.3, 0.4) is 0 Å². The van der Waals surface area contributed by atoms with Crippen LogP contribution in [0.5, 0.6) is 23.0 Å². The molecule has 4 saturated carbocycles. The van der Waals surface area contributed by atoms with E-state index in [1.807, 2.05) is 27.7 Å². The summed E-state index contributed by atoms with van der Waals surface area (Å²) in [6.07, 6.45) is -1.80. The van der Waals surface area contributed by atoms with Gasteiger partial charge < -0.3 is 54.7 Å². The van der Waals surface area contributed by atoms with Crippen LogP contribution >= 0.6 is 0 Å². The second-order valence-electron chi connectivity index (χ2n) is 21.4. The summed E-state index contributed by atoms with van der Waals surface area (Å²) >= 11 is 0. The molecule has 4 fully saturated rings. The van der Waals surface area contributed by atoms with E-state index in [1.54, 1.807) is 12.1 Å². The minimum absolute atomic E-state index is 0.0221. The fourth-order valence-electron chi connectivity index (χ4n) is 15.2. The molecule has 11 nitrogen and oxygen atoms in total. The number of ether oxygens (including phenoxy) is 4. The molecule has 4 aliphatic heterocycles. The van der Waals surface area contributed by atoms with E-state index in [9.17, 15) is 35.7 Å². The zero-order valence-corrected chi connectivity index (χ0v) is 34.6. The molecule has 0 aromatic heterocycles. The lowest BCUT2D eigenvalue weighted by atomic mass is 9.43. The van der Waals surface area contributed by atoms with Crippen molar-refractivity contribution in [2.75, 3.05) is 0 Å². The van der Waals surface area contributed by atoms with E-state index in [1.165, 1.54) is 0 Å². The van der Waals surface area contributed by atoms with Crippen molar-refractivity contribution < 1.29 is 54.7 Å². The molecular formula is C46H62O11. The first-order valence-corrected chi connectivity index (χ1v) is 21.5. The molecule has 0 radical (unpaired) electrons. The summed E-state index contributed by atoms with van der Waals surface area (Å²) in [6.45, 7) is 16.9. The third-order valence-electron chi connectivity index (χ3n) is 18.3. The van der Waals surface area contributed by atoms with Crippen LogP contribution in [-0.2, 0) is 28.9 Å². The zero-order valence-electron chi connectivity index (χ0n) is 34.6. The predicted octanol–water partition coefficient (Wildman–Crippen LogP) is 6.19. The summed E-state index contributed by atoms with van der Waals surface area (Å²) < 4.78 is 28.0. The Kier molecular flexibility index (Phi) is 7.98. The van der Waals surface area contributed by atoms with Crippen molar-refractivity contribution in [1.82, 2.24) is 0 Å². The average molecular weight is 791 g/mol. The summed E-state index contributed by atoms with van der Waals surface area (Å²) in [4.78, 5) is 0. The Labute approximate surface area is 335 Å². The number of fused-ring (bicyclic) bond motifs is 14. The van der Waals surface area contributed by atoms with Gasteiger partial charge in [-0.2, -0.15) is 0 Å². The van der Waals surface area contributed by atoms with Gasteiger partial charge >= 0.3 is 0 Å². The Hall–Kier alpha value is -2.64. The number of benzene rings is 2. The van der Waals surface area contributed by atoms with Crippen LogP contribution in [0.25, 0.3) is 0 Å². The first-order valence-electron chi connectivity index (χ1n) is 21.5. The molecule has 57 heavy (non-hydrogen) atoms. The maximum Gasteiger partial charge on any atom is 0.189 e. The average Bonchev–Trinajstić information content (AvgIpc) is 3.71. The number of hydrogen-bond donors (Lipinski definition) is 7. The van der Waals surface area contributed by atoms with E-state index in [0.29, 0.717) is 70.6 Å². The minimum atomic E-state index is -1.25. The third-order valence-corrected chi connectivity index (χ3v) is 18.3. The van der Waals surface area contributed by atoms with Crippen LogP contribution in [0.2, 0.25) is 0 Å². The topological polar surface area (TPSA) is 179 Å². The number of aliphatic hydroxyl groups excluding tert-OH is 5. The number of phenols is 2. The predicted molar refractivity (Wildman–Crippen MR) is 207 cm³/mol. The molecular weight excluding hydrogens is 728 g/mol. The Balaban J connectivity index is 1.06. The molecule has 15 atom stereocenters. The van der Waals surface area contributed by atoms with Crippen molar-refractivity contribution in [2.45, 2.75) is 167 Å². The van der Waals surface area contributed by atoms with E-state index in [4.69, 9.17) is 18.9 Å². The third kappa shape index (κ3) is 4.53. The summed E-state index contributed by atoms with van der Waals surface area (Å²) in [6, 6.07) is 3.33. The van der Waals surface area contributed by atoms with E-state index in [2.05, 4.69) is 27.7 Å². The number of aromatic hydroxyl groups is 2. The molecule has 10 rings (SSSR count). The normalized spacial score (nSPS) is 47.1. The van der Waals surface area contributed by atoms with Gasteiger partial charge in [-0.3, -0.25) is 0 Å². The lowest BCUT2D eigenvalue weighted by Gasteiger charge is -2.64. The molecule has 8 aliphatic rings. The fraction of sp³-hybridized carbons (Fsp3) is 0.739. The molecule has 2 bridgehead atoms. The maximum absolute atomic E-state index is 12.5. The summed E-state index contributed by atoms with van der Waals surface area (Å²) in [7, 11) is 0. The molecule has 4 aliphatic carbocycles. The summed E-state index contributed by atoms with van der Waals surface area (Å²) in [5, 5.41) is 81.1. The molecule has 0 amide bonds. The Morgan fingerprint density at radius 1 is 0.632 bits per heavy atom. The van der Waals surface area contributed by atoms with Gasteiger partial charge in [0.1, 0.15) is 46.4 Å². The van der Waals surface area contributed by atoms with Crippen LogP contribution < -0.4 is 9.47 Å². The van der Waals surface area contributed by atoms with Crippen molar-refractivity contribution >= 4 is 0 Å². The largest absolute Gasteiger partial charge is 0.508 e. The SMILES string of the molecule is C[C@@H]1CC[C@H]2C(C)(C)[C@H](O)[C@H](O)C[C@]2(C)[C@@]12Cc1c(O)cc3c(c1O2)[C@H]1OCc2cc(O)c4c(c2[C@H](O1)[C@H]3O)O[C@]1(C4)[C@H](C)CC[C@H]2C(C)(C)[C@H](O)[C@H](O)C[C@@]21C. The summed E-state index contributed by atoms with van der Waals surface area (Å²) in [5.41, 5.74) is -0.379. The van der Waals surface area contributed by atoms with Crippen LogP contribution in [0, 0.1) is 45.3 Å². The first-order chi connectivity index (χ1) is 26.6. The minimum Gasteiger partial charge on any atom is -0.508 e. The highest BCUT2D eigenvalue weighted by Crippen LogP contribution is 2.70. The molecule has 0 saturated heterocycles. The van der Waals surface area contributed by atoms with Crippen LogP contribution in [-0.4, -0.2) is 71.4 Å². The maximum atomic E-state index is 12.5. The molecule has 2 aromatic carbocycles. The second-order valence-corrected chi connectivity index (χ2v) is 21.4. The molecule has 2 spiro atoms. The number of hydrogen-bond acceptors (Lipinski definition) is 11. The van der Waals surface area contributed by atoms with Crippen molar-refractivity contribution in [3.8, 4) is 23.0 Å². The van der Waals surface area contributed by atoms with Gasteiger partial charge in [0.15, 0.2) is 6.29 Å². The lowest BCUT2D eigenvalue weighted by Crippen LogP contribution is -2.69. The molecule has 7 N–H and O–H groups in total. The highest BCUT2D eigenvalue weighted by Gasteiger charge is 2.71. The Morgan fingerprint density at radius 2 is 1.11 bits per heavy atom. The smallest absolute Gasteiger partial charge is 0.189 e. The van der Waals surface area contributed by atoms with Crippen LogP contribution in [0.4, 0.5) is 0 Å². The molecule has 11 heteroatoms. The first kappa shape index (κ1) is 38.6. The van der Waals surface area contributed by atoms with Gasteiger partial charge in [-0.25, -0.2) is 0 Å². The van der Waals surface area contributed by atoms with E-state index >= 15 is 0 Å². The molecule has 4 heterocycles. The summed E-state index contributed by atoms with van der Waals surface area (Å²) in [5.74, 6) is 1.22. The fourth-order valence-corrected chi connectivity index (χ4v) is 15.2. The van der Waals surface area contributed by atoms with E-state index in [-0.39, 0.29) is 41.8 Å². The second kappa shape index (κ2) is 11.8. The number of aliphatic hydroxyl groups is 5. The Morgan fingerprint density at radius 3 is 1.61 bits per heavy atom. The van der Waals surface area contributed by atoms with Crippen molar-refractivity contribution in [1.29, 1.82) is 0 Å². The number of phenolic OH excluding ortho intramolecular Hbond substituents is 2. The van der Waals surface area contributed by atoms with Gasteiger partial charge in [-0.15, -0.1) is 0 Å². The van der Waals surface area contributed by atoms with Gasteiger partial charge in [-0.1, -0.05) is 55.4 Å². The highest BCUT2D eigenvalue weighted by atomic mass is 16.7. The monoisotopic (exact) mass is 790 g/mol.